The van der Waals surface area contributed by atoms with Crippen molar-refractivity contribution in [3.05, 3.63) is 65.7 Å². The maximum Gasteiger partial charge on any atom is 0.296 e. The van der Waals surface area contributed by atoms with Crippen LogP contribution in [0, 0.1) is 0 Å². The highest BCUT2D eigenvalue weighted by molar-refractivity contribution is 6.33. The van der Waals surface area contributed by atoms with Crippen LogP contribution in [0.5, 0.6) is 6.01 Å². The number of ether oxygens (including phenoxy) is 2. The van der Waals surface area contributed by atoms with Crippen LogP contribution in [0.25, 0.3) is 33.5 Å². The molecule has 9 heteroatoms. The van der Waals surface area contributed by atoms with Gasteiger partial charge < -0.3 is 25.3 Å². The number of pyridine rings is 1. The third-order valence-electron chi connectivity index (χ3n) is 5.34. The number of benzene rings is 2. The highest BCUT2D eigenvalue weighted by Gasteiger charge is 2.41. The number of halogens is 1. The van der Waals surface area contributed by atoms with Gasteiger partial charge in [-0.3, -0.25) is 4.79 Å². The molecule has 32 heavy (non-hydrogen) atoms. The molecule has 162 valence electrons. The number of aliphatic hydroxyl groups is 1. The van der Waals surface area contributed by atoms with E-state index >= 15 is 0 Å². The highest BCUT2D eigenvalue weighted by Crippen LogP contribution is 2.31. The van der Waals surface area contributed by atoms with Crippen molar-refractivity contribution in [3.63, 3.8) is 0 Å². The normalized spacial score (nSPS) is 20.5. The van der Waals surface area contributed by atoms with Crippen molar-refractivity contribution in [1.82, 2.24) is 15.0 Å². The van der Waals surface area contributed by atoms with E-state index in [2.05, 4.69) is 27.1 Å². The summed E-state index contributed by atoms with van der Waals surface area (Å²) in [5.41, 5.74) is 9.86. The van der Waals surface area contributed by atoms with Gasteiger partial charge in [0.05, 0.1) is 22.8 Å². The molecule has 4 N–H and O–H groups in total. The fourth-order valence-electron chi connectivity index (χ4n) is 3.69. The van der Waals surface area contributed by atoms with Gasteiger partial charge in [0.2, 0.25) is 5.91 Å². The zero-order valence-corrected chi connectivity index (χ0v) is 17.5. The number of imidazole rings is 1. The van der Waals surface area contributed by atoms with Crippen LogP contribution in [0.1, 0.15) is 0 Å². The first-order valence-electron chi connectivity index (χ1n) is 9.97. The van der Waals surface area contributed by atoms with Gasteiger partial charge in [0, 0.05) is 5.56 Å². The molecule has 0 spiro atoms. The smallest absolute Gasteiger partial charge is 0.296 e. The van der Waals surface area contributed by atoms with E-state index in [0.717, 1.165) is 16.7 Å². The van der Waals surface area contributed by atoms with Gasteiger partial charge in [-0.2, -0.15) is 4.98 Å². The Morgan fingerprint density at radius 1 is 1.09 bits per heavy atom. The predicted molar refractivity (Wildman–Crippen MR) is 119 cm³/mol. The molecular formula is C23H19ClN4O4. The fraction of sp³-hybridized carbons (Fsp3) is 0.174. The second-order valence-corrected chi connectivity index (χ2v) is 7.89. The Morgan fingerprint density at radius 3 is 2.47 bits per heavy atom. The average molecular weight is 451 g/mol. The molecule has 2 aromatic heterocycles. The molecule has 1 fully saturated rings. The highest BCUT2D eigenvalue weighted by atomic mass is 35.5. The summed E-state index contributed by atoms with van der Waals surface area (Å²) in [5, 5.41) is 10.6. The molecular weight excluding hydrogens is 432 g/mol. The second kappa shape index (κ2) is 8.23. The Kier molecular flexibility index (Phi) is 5.26. The zero-order chi connectivity index (χ0) is 22.2. The number of primary amides is 1. The molecule has 8 nitrogen and oxygen atoms in total. The molecule has 0 bridgehead atoms. The summed E-state index contributed by atoms with van der Waals surface area (Å²) in [7, 11) is 0. The number of rotatable bonds is 5. The van der Waals surface area contributed by atoms with Crippen LogP contribution >= 0.6 is 11.6 Å². The molecule has 0 radical (unpaired) electrons. The summed E-state index contributed by atoms with van der Waals surface area (Å²) in [6.45, 7) is 0.0129. The van der Waals surface area contributed by atoms with Crippen molar-refractivity contribution in [2.45, 2.75) is 18.3 Å². The van der Waals surface area contributed by atoms with E-state index in [1.165, 1.54) is 0 Å². The molecule has 3 atom stereocenters. The quantitative estimate of drug-likeness (QED) is 0.429. The van der Waals surface area contributed by atoms with Gasteiger partial charge in [-0.1, -0.05) is 66.2 Å². The number of aliphatic hydroxyl groups excluding tert-OH is 1. The molecule has 1 saturated heterocycles. The molecule has 1 amide bonds. The summed E-state index contributed by atoms with van der Waals surface area (Å²) in [6, 6.07) is 19.9. The first kappa shape index (κ1) is 20.4. The molecule has 0 saturated carbocycles. The van der Waals surface area contributed by atoms with E-state index in [1.807, 2.05) is 42.5 Å². The van der Waals surface area contributed by atoms with Crippen molar-refractivity contribution in [1.29, 1.82) is 0 Å². The second-order valence-electron chi connectivity index (χ2n) is 7.48. The van der Waals surface area contributed by atoms with Gasteiger partial charge in [0.25, 0.3) is 6.01 Å². The Labute approximate surface area is 188 Å². The lowest BCUT2D eigenvalue weighted by atomic mass is 10.0. The number of nitrogens with zero attached hydrogens (tertiary/aromatic N) is 2. The predicted octanol–water partition coefficient (Wildman–Crippen LogP) is 2.94. The van der Waals surface area contributed by atoms with Crippen molar-refractivity contribution in [2.75, 3.05) is 6.61 Å². The molecule has 1 aliphatic rings. The van der Waals surface area contributed by atoms with Crippen LogP contribution in [0.3, 0.4) is 0 Å². The van der Waals surface area contributed by atoms with Crippen LogP contribution in [-0.2, 0) is 9.53 Å². The monoisotopic (exact) mass is 450 g/mol. The number of aromatic nitrogens is 3. The lowest BCUT2D eigenvalue weighted by Crippen LogP contribution is -2.41. The Bertz CT molecular complexity index is 1280. The number of nitrogens with two attached hydrogens (primary N) is 1. The minimum absolute atomic E-state index is 0.0129. The molecule has 3 heterocycles. The Morgan fingerprint density at radius 2 is 1.78 bits per heavy atom. The Balaban J connectivity index is 1.40. The minimum Gasteiger partial charge on any atom is -0.456 e. The van der Waals surface area contributed by atoms with E-state index in [0.29, 0.717) is 21.9 Å². The van der Waals surface area contributed by atoms with Gasteiger partial charge in [-0.25, -0.2) is 4.98 Å². The van der Waals surface area contributed by atoms with E-state index in [1.54, 1.807) is 6.07 Å². The lowest BCUT2D eigenvalue weighted by Gasteiger charge is -2.14. The molecule has 0 aliphatic carbocycles. The third-order valence-corrected chi connectivity index (χ3v) is 5.63. The van der Waals surface area contributed by atoms with Gasteiger partial charge in [-0.05, 0) is 17.2 Å². The van der Waals surface area contributed by atoms with Gasteiger partial charge in [-0.15, -0.1) is 0 Å². The number of carbonyl (C=O) groups excluding carboxylic acids is 1. The van der Waals surface area contributed by atoms with Crippen molar-refractivity contribution >= 4 is 28.7 Å². The van der Waals surface area contributed by atoms with Crippen LogP contribution in [0.4, 0.5) is 0 Å². The zero-order valence-electron chi connectivity index (χ0n) is 16.7. The topological polar surface area (TPSA) is 123 Å². The average Bonchev–Trinajstić information content (AvgIpc) is 3.36. The van der Waals surface area contributed by atoms with E-state index in [4.69, 9.17) is 26.8 Å². The maximum atomic E-state index is 11.3. The number of aromatic amines is 1. The number of hydrogen-bond acceptors (Lipinski definition) is 6. The summed E-state index contributed by atoms with van der Waals surface area (Å²) in [5.74, 6) is -0.746. The molecule has 0 unspecified atom stereocenters. The van der Waals surface area contributed by atoms with Crippen molar-refractivity contribution in [2.24, 2.45) is 5.73 Å². The maximum absolute atomic E-state index is 11.3. The third kappa shape index (κ3) is 3.80. The minimum atomic E-state index is -1.18. The molecule has 2 aromatic carbocycles. The van der Waals surface area contributed by atoms with Crippen molar-refractivity contribution in [3.8, 4) is 28.4 Å². The summed E-state index contributed by atoms with van der Waals surface area (Å²) in [4.78, 5) is 23.2. The summed E-state index contributed by atoms with van der Waals surface area (Å²) in [6.07, 6.45) is -3.08. The first-order valence-corrected chi connectivity index (χ1v) is 10.3. The number of nitrogens with one attached hydrogen (secondary N) is 1. The van der Waals surface area contributed by atoms with Crippen LogP contribution in [-0.4, -0.2) is 50.9 Å². The fourth-order valence-corrected chi connectivity index (χ4v) is 3.95. The molecule has 4 aromatic rings. The number of carbonyl (C=O) groups is 1. The first-order chi connectivity index (χ1) is 15.5. The van der Waals surface area contributed by atoms with Gasteiger partial charge in [0.15, 0.2) is 17.9 Å². The van der Waals surface area contributed by atoms with Crippen LogP contribution in [0.2, 0.25) is 5.02 Å². The van der Waals surface area contributed by atoms with Crippen LogP contribution in [0.15, 0.2) is 60.7 Å². The largest absolute Gasteiger partial charge is 0.456 e. The molecule has 5 rings (SSSR count). The number of H-pyrrole nitrogens is 1. The van der Waals surface area contributed by atoms with E-state index < -0.39 is 24.2 Å². The lowest BCUT2D eigenvalue weighted by molar-refractivity contribution is -0.130. The number of fused-ring (bicyclic) bond motifs is 1. The summed E-state index contributed by atoms with van der Waals surface area (Å²) < 4.78 is 10.9. The van der Waals surface area contributed by atoms with E-state index in [9.17, 15) is 9.90 Å². The number of hydrogen-bond donors (Lipinski definition) is 3. The van der Waals surface area contributed by atoms with Gasteiger partial charge in [0.1, 0.15) is 6.10 Å². The van der Waals surface area contributed by atoms with Crippen LogP contribution < -0.4 is 10.5 Å². The number of amides is 1. The van der Waals surface area contributed by atoms with Crippen molar-refractivity contribution < 1.29 is 19.4 Å². The SMILES string of the molecule is NC(=O)[C@H]1OC[C@@H](Oc2nc3nc(-c4ccc(-c5ccccc5)cc4)c(Cl)cc3[nH]2)[C@@H]1O. The molecule has 1 aliphatic heterocycles. The summed E-state index contributed by atoms with van der Waals surface area (Å²) >= 11 is 6.49. The Hall–Kier alpha value is -3.46. The van der Waals surface area contributed by atoms with E-state index in [-0.39, 0.29) is 12.6 Å². The van der Waals surface area contributed by atoms with Gasteiger partial charge >= 0.3 is 0 Å². The standard InChI is InChI=1S/C23H19ClN4O4/c24-15-10-16-22(28-23(26-16)32-17-11-31-20(19(17)29)21(25)30)27-18(15)14-8-6-13(7-9-14)12-4-2-1-3-5-12/h1-10,17,19-20,29H,11H2,(H2,25,30)(H,26,27,28)/t17-,19+,20+/m1/s1.